The largest absolute Gasteiger partial charge is 0.450 e. The van der Waals surface area contributed by atoms with Gasteiger partial charge < -0.3 is 9.64 Å². The molecule has 1 N–H and O–H groups in total. The molecule has 0 unspecified atom stereocenters. The maximum absolute atomic E-state index is 12.3. The van der Waals surface area contributed by atoms with E-state index in [9.17, 15) is 18.5 Å². The van der Waals surface area contributed by atoms with Crippen LogP contribution < -0.4 is 9.46 Å². The van der Waals surface area contributed by atoms with Crippen molar-refractivity contribution in [2.24, 2.45) is 0 Å². The Balaban J connectivity index is 2.26. The predicted octanol–water partition coefficient (Wildman–Crippen LogP) is 2.95. The van der Waals surface area contributed by atoms with Gasteiger partial charge in [-0.05, 0) is 56.7 Å². The van der Waals surface area contributed by atoms with Gasteiger partial charge in [0, 0.05) is 24.1 Å². The first-order valence-corrected chi connectivity index (χ1v) is 10.7. The van der Waals surface area contributed by atoms with Crippen molar-refractivity contribution in [2.75, 3.05) is 33.4 Å². The topological polar surface area (TPSA) is 102 Å². The van der Waals surface area contributed by atoms with Gasteiger partial charge in [-0.3, -0.25) is 10.1 Å². The van der Waals surface area contributed by atoms with E-state index in [4.69, 9.17) is 4.74 Å². The average Bonchev–Trinajstić information content (AvgIpc) is 2.62. The van der Waals surface area contributed by atoms with Crippen molar-refractivity contribution in [3.8, 4) is 11.5 Å². The molecule has 0 aromatic heterocycles. The van der Waals surface area contributed by atoms with Crippen molar-refractivity contribution < 1.29 is 18.1 Å². The Morgan fingerprint density at radius 2 is 1.85 bits per heavy atom. The molecule has 0 radical (unpaired) electrons. The summed E-state index contributed by atoms with van der Waals surface area (Å²) >= 11 is 1.56. The molecule has 27 heavy (non-hydrogen) atoms. The van der Waals surface area contributed by atoms with E-state index in [-0.39, 0.29) is 17.2 Å². The number of nitrogens with one attached hydrogen (secondary N) is 1. The number of nitrogens with zero attached hydrogens (tertiary/aromatic N) is 2. The molecule has 2 aromatic carbocycles. The fourth-order valence-electron chi connectivity index (χ4n) is 2.15. The van der Waals surface area contributed by atoms with E-state index in [0.717, 1.165) is 11.0 Å². The summed E-state index contributed by atoms with van der Waals surface area (Å²) in [5.41, 5.74) is -0.417. The van der Waals surface area contributed by atoms with Crippen molar-refractivity contribution in [3.63, 3.8) is 0 Å². The minimum atomic E-state index is -3.85. The van der Waals surface area contributed by atoms with Crippen LogP contribution >= 0.6 is 11.8 Å². The van der Waals surface area contributed by atoms with Crippen molar-refractivity contribution in [3.05, 3.63) is 52.6 Å². The van der Waals surface area contributed by atoms with Crippen LogP contribution in [0.1, 0.15) is 0 Å². The molecule has 0 aliphatic heterocycles. The highest BCUT2D eigenvalue weighted by molar-refractivity contribution is 7.98. The molecule has 0 atom stereocenters. The van der Waals surface area contributed by atoms with Crippen LogP contribution in [0.4, 0.5) is 5.69 Å². The Morgan fingerprint density at radius 1 is 1.19 bits per heavy atom. The van der Waals surface area contributed by atoms with Crippen molar-refractivity contribution in [1.82, 2.24) is 9.62 Å². The van der Waals surface area contributed by atoms with Gasteiger partial charge in [0.2, 0.25) is 15.8 Å². The summed E-state index contributed by atoms with van der Waals surface area (Å²) in [6.45, 7) is 0.706. The number of benzene rings is 2. The van der Waals surface area contributed by atoms with E-state index in [2.05, 4.69) is 4.72 Å². The summed E-state index contributed by atoms with van der Waals surface area (Å²) in [6.07, 6.45) is 1.94. The summed E-state index contributed by atoms with van der Waals surface area (Å²) in [7, 11) is -0.217. The third kappa shape index (κ3) is 5.93. The third-order valence-electron chi connectivity index (χ3n) is 3.58. The van der Waals surface area contributed by atoms with Crippen LogP contribution in [-0.4, -0.2) is 51.7 Å². The normalized spacial score (nSPS) is 11.6. The predicted molar refractivity (Wildman–Crippen MR) is 105 cm³/mol. The minimum Gasteiger partial charge on any atom is -0.450 e. The Morgan fingerprint density at radius 3 is 2.41 bits per heavy atom. The molecule has 2 rings (SSSR count). The number of sulfonamides is 1. The second-order valence-electron chi connectivity index (χ2n) is 5.87. The molecular weight excluding hydrogens is 390 g/mol. The van der Waals surface area contributed by atoms with E-state index in [1.165, 1.54) is 12.1 Å². The van der Waals surface area contributed by atoms with Gasteiger partial charge >= 0.3 is 5.69 Å². The molecule has 8 nitrogen and oxygen atoms in total. The SMILES string of the molecule is CSc1ccc(Oc2ccc(S(=O)(=O)NCCN(C)C)cc2[N+](=O)[O-])cc1. The van der Waals surface area contributed by atoms with Gasteiger partial charge in [-0.25, -0.2) is 13.1 Å². The lowest BCUT2D eigenvalue weighted by atomic mass is 10.3. The van der Waals surface area contributed by atoms with Crippen LogP contribution in [0.5, 0.6) is 11.5 Å². The first-order valence-electron chi connectivity index (χ1n) is 7.97. The first kappa shape index (κ1) is 21.2. The summed E-state index contributed by atoms with van der Waals surface area (Å²) in [5.74, 6) is 0.403. The van der Waals surface area contributed by atoms with E-state index in [1.54, 1.807) is 23.9 Å². The number of nitro groups is 1. The Labute approximate surface area is 162 Å². The summed E-state index contributed by atoms with van der Waals surface area (Å²) in [6, 6.07) is 10.6. The number of nitro benzene ring substituents is 1. The number of rotatable bonds is 9. The molecular formula is C17H21N3O5S2. The third-order valence-corrected chi connectivity index (χ3v) is 5.78. The molecule has 0 fully saturated rings. The van der Waals surface area contributed by atoms with Gasteiger partial charge in [0.25, 0.3) is 0 Å². The maximum Gasteiger partial charge on any atom is 0.312 e. The molecule has 2 aromatic rings. The minimum absolute atomic E-state index is 0.0239. The van der Waals surface area contributed by atoms with Gasteiger partial charge in [0.05, 0.1) is 9.82 Å². The van der Waals surface area contributed by atoms with Gasteiger partial charge in [0.1, 0.15) is 5.75 Å². The van der Waals surface area contributed by atoms with Gasteiger partial charge in [-0.2, -0.15) is 0 Å². The number of hydrogen-bond acceptors (Lipinski definition) is 7. The fraction of sp³-hybridized carbons (Fsp3) is 0.294. The van der Waals surface area contributed by atoms with Crippen molar-refractivity contribution in [1.29, 1.82) is 0 Å². The summed E-state index contributed by atoms with van der Waals surface area (Å²) in [4.78, 5) is 13.4. The molecule has 0 amide bonds. The average molecular weight is 412 g/mol. The van der Waals surface area contributed by atoms with E-state index in [0.29, 0.717) is 12.3 Å². The van der Waals surface area contributed by atoms with Gasteiger partial charge in [-0.15, -0.1) is 11.8 Å². The van der Waals surface area contributed by atoms with E-state index in [1.807, 2.05) is 37.4 Å². The van der Waals surface area contributed by atoms with Crippen molar-refractivity contribution >= 4 is 27.5 Å². The first-order chi connectivity index (χ1) is 12.7. The molecule has 10 heteroatoms. The van der Waals surface area contributed by atoms with E-state index < -0.39 is 20.6 Å². The zero-order valence-electron chi connectivity index (χ0n) is 15.2. The molecule has 146 valence electrons. The van der Waals surface area contributed by atoms with Crippen LogP contribution in [0.2, 0.25) is 0 Å². The van der Waals surface area contributed by atoms with Gasteiger partial charge in [0.15, 0.2) is 0 Å². The quantitative estimate of drug-likeness (QED) is 0.384. The summed E-state index contributed by atoms with van der Waals surface area (Å²) in [5, 5.41) is 11.4. The second-order valence-corrected chi connectivity index (χ2v) is 8.51. The molecule has 0 aliphatic carbocycles. The highest BCUT2D eigenvalue weighted by atomic mass is 32.2. The zero-order chi connectivity index (χ0) is 20.0. The Kier molecular flexibility index (Phi) is 7.19. The van der Waals surface area contributed by atoms with Crippen LogP contribution in [-0.2, 0) is 10.0 Å². The molecule has 0 aliphatic rings. The van der Waals surface area contributed by atoms with E-state index >= 15 is 0 Å². The highest BCUT2D eigenvalue weighted by Crippen LogP contribution is 2.33. The van der Waals surface area contributed by atoms with Crippen LogP contribution in [0, 0.1) is 10.1 Å². The Hall–Kier alpha value is -2.14. The fourth-order valence-corrected chi connectivity index (χ4v) is 3.60. The number of hydrogen-bond donors (Lipinski definition) is 1. The van der Waals surface area contributed by atoms with Crippen LogP contribution in [0.15, 0.2) is 52.3 Å². The molecule has 0 bridgehead atoms. The highest BCUT2D eigenvalue weighted by Gasteiger charge is 2.22. The van der Waals surface area contributed by atoms with Gasteiger partial charge in [-0.1, -0.05) is 0 Å². The van der Waals surface area contributed by atoms with Crippen LogP contribution in [0.25, 0.3) is 0 Å². The number of thioether (sulfide) groups is 1. The second kappa shape index (κ2) is 9.18. The number of ether oxygens (including phenoxy) is 1. The number of likely N-dealkylation sites (N-methyl/N-ethyl adjacent to an activating group) is 1. The molecule has 0 saturated carbocycles. The zero-order valence-corrected chi connectivity index (χ0v) is 16.8. The lowest BCUT2D eigenvalue weighted by Crippen LogP contribution is -2.31. The lowest BCUT2D eigenvalue weighted by Gasteiger charge is -2.12. The monoisotopic (exact) mass is 411 g/mol. The standard InChI is InChI=1S/C17H21N3O5S2/c1-19(2)11-10-18-27(23,24)15-8-9-17(16(12-15)20(21)22)25-13-4-6-14(26-3)7-5-13/h4-9,12,18H,10-11H2,1-3H3. The lowest BCUT2D eigenvalue weighted by molar-refractivity contribution is -0.385. The molecule has 0 heterocycles. The Bertz CT molecular complexity index is 899. The summed E-state index contributed by atoms with van der Waals surface area (Å²) < 4.78 is 32.7. The molecule has 0 saturated heterocycles. The van der Waals surface area contributed by atoms with Crippen molar-refractivity contribution in [2.45, 2.75) is 9.79 Å². The van der Waals surface area contributed by atoms with Crippen LogP contribution in [0.3, 0.4) is 0 Å². The maximum atomic E-state index is 12.3. The molecule has 0 spiro atoms. The smallest absolute Gasteiger partial charge is 0.312 e.